The number of rotatable bonds is 4. The van der Waals surface area contributed by atoms with E-state index in [4.69, 9.17) is 0 Å². The Balaban J connectivity index is 1.48. The lowest BCUT2D eigenvalue weighted by Crippen LogP contribution is -2.53. The average Bonchev–Trinajstić information content (AvgIpc) is 3.17. The largest absolute Gasteiger partial charge is 0.508 e. The van der Waals surface area contributed by atoms with Crippen molar-refractivity contribution in [1.82, 2.24) is 21.3 Å². The Morgan fingerprint density at radius 3 is 2.39 bits per heavy atom. The normalized spacial score (nSPS) is 26.5. The third kappa shape index (κ3) is 4.79. The molecule has 4 rings (SSSR count). The molecule has 0 aliphatic carbocycles. The highest BCUT2D eigenvalue weighted by Crippen LogP contribution is 2.38. The molecule has 0 aromatic heterocycles. The summed E-state index contributed by atoms with van der Waals surface area (Å²) in [6.45, 7) is 2.50. The lowest BCUT2D eigenvalue weighted by atomic mass is 9.78. The summed E-state index contributed by atoms with van der Waals surface area (Å²) in [5, 5.41) is 26.0. The molecule has 5 N–H and O–H groups in total. The van der Waals surface area contributed by atoms with Crippen LogP contribution in [0.15, 0.2) is 60.4 Å². The van der Waals surface area contributed by atoms with Gasteiger partial charge in [0, 0.05) is 18.7 Å². The SMILES string of the molecule is C[C@H]1CC(O)(c2ccc(C(F)(F)F)cc2)C[C@@H](C2=CN(Cc3ccc(O)cc3)NN2)N1. The summed E-state index contributed by atoms with van der Waals surface area (Å²) in [6, 6.07) is 11.4. The molecule has 1 unspecified atom stereocenters. The van der Waals surface area contributed by atoms with E-state index in [1.54, 1.807) is 12.1 Å². The molecule has 2 aromatic rings. The first-order chi connectivity index (χ1) is 14.6. The maximum Gasteiger partial charge on any atom is 0.416 e. The van der Waals surface area contributed by atoms with E-state index in [1.807, 2.05) is 30.3 Å². The Kier molecular flexibility index (Phi) is 5.59. The molecule has 0 saturated carbocycles. The minimum absolute atomic E-state index is 0.0418. The van der Waals surface area contributed by atoms with E-state index in [-0.39, 0.29) is 17.8 Å². The number of benzene rings is 2. The van der Waals surface area contributed by atoms with Gasteiger partial charge in [-0.05, 0) is 48.7 Å². The minimum atomic E-state index is -4.41. The number of halogens is 3. The topological polar surface area (TPSA) is 79.8 Å². The number of nitrogens with zero attached hydrogens (tertiary/aromatic N) is 1. The highest BCUT2D eigenvalue weighted by Gasteiger charge is 2.41. The Bertz CT molecular complexity index is 947. The quantitative estimate of drug-likeness (QED) is 0.509. The summed E-state index contributed by atoms with van der Waals surface area (Å²) in [5.41, 5.74) is 6.50. The number of hydrazine groups is 2. The lowest BCUT2D eigenvalue weighted by Gasteiger charge is -2.41. The van der Waals surface area contributed by atoms with Gasteiger partial charge in [-0.3, -0.25) is 5.01 Å². The number of nitrogens with one attached hydrogen (secondary N) is 3. The van der Waals surface area contributed by atoms with E-state index < -0.39 is 17.3 Å². The third-order valence-electron chi connectivity index (χ3n) is 5.72. The number of piperidine rings is 1. The number of hydrogen-bond acceptors (Lipinski definition) is 6. The van der Waals surface area contributed by atoms with Crippen LogP contribution in [0.25, 0.3) is 0 Å². The second-order valence-electron chi connectivity index (χ2n) is 8.25. The zero-order valence-electron chi connectivity index (χ0n) is 16.9. The standard InChI is InChI=1S/C22H25F3N4O2/c1-14-10-21(31,16-4-6-17(7-5-16)22(23,24)25)11-19(26-14)20-13-29(28-27-20)12-15-2-8-18(30)9-3-15/h2-9,13-14,19,26-28,30-31H,10-12H2,1H3/t14-,19-,21?/m0/s1. The molecule has 9 heteroatoms. The summed E-state index contributed by atoms with van der Waals surface area (Å²) < 4.78 is 38.7. The average molecular weight is 434 g/mol. The van der Waals surface area contributed by atoms with Gasteiger partial charge in [-0.25, -0.2) is 0 Å². The van der Waals surface area contributed by atoms with Crippen molar-refractivity contribution in [2.45, 2.75) is 50.2 Å². The van der Waals surface area contributed by atoms with Crippen molar-refractivity contribution in [3.8, 4) is 5.75 Å². The number of aromatic hydroxyl groups is 1. The highest BCUT2D eigenvalue weighted by atomic mass is 19.4. The first-order valence-electron chi connectivity index (χ1n) is 10.1. The molecule has 3 atom stereocenters. The number of aliphatic hydroxyl groups is 1. The molecule has 31 heavy (non-hydrogen) atoms. The highest BCUT2D eigenvalue weighted by molar-refractivity contribution is 5.31. The molecule has 0 amide bonds. The molecule has 1 saturated heterocycles. The van der Waals surface area contributed by atoms with Crippen LogP contribution in [0.3, 0.4) is 0 Å². The van der Waals surface area contributed by atoms with Gasteiger partial charge in [0.2, 0.25) is 0 Å². The zero-order chi connectivity index (χ0) is 22.2. The van der Waals surface area contributed by atoms with Crippen LogP contribution in [0, 0.1) is 0 Å². The number of alkyl halides is 3. The van der Waals surface area contributed by atoms with E-state index in [2.05, 4.69) is 16.3 Å². The van der Waals surface area contributed by atoms with Crippen molar-refractivity contribution in [1.29, 1.82) is 0 Å². The van der Waals surface area contributed by atoms with E-state index >= 15 is 0 Å². The summed E-state index contributed by atoms with van der Waals surface area (Å²) >= 11 is 0. The smallest absolute Gasteiger partial charge is 0.416 e. The lowest BCUT2D eigenvalue weighted by molar-refractivity contribution is -0.137. The van der Waals surface area contributed by atoms with Crippen molar-refractivity contribution >= 4 is 0 Å². The molecule has 0 bridgehead atoms. The molecule has 2 aromatic carbocycles. The van der Waals surface area contributed by atoms with Gasteiger partial charge < -0.3 is 21.0 Å². The van der Waals surface area contributed by atoms with Crippen molar-refractivity contribution < 1.29 is 23.4 Å². The fraction of sp³-hybridized carbons (Fsp3) is 0.364. The molecule has 0 radical (unpaired) electrons. The van der Waals surface area contributed by atoms with E-state index in [0.717, 1.165) is 23.4 Å². The van der Waals surface area contributed by atoms with Gasteiger partial charge in [0.05, 0.1) is 29.4 Å². The number of phenols is 1. The molecule has 166 valence electrons. The summed E-state index contributed by atoms with van der Waals surface area (Å²) in [6.07, 6.45) is -1.80. The van der Waals surface area contributed by atoms with E-state index in [1.165, 1.54) is 12.1 Å². The monoisotopic (exact) mass is 434 g/mol. The van der Waals surface area contributed by atoms with Crippen LogP contribution in [-0.2, 0) is 18.3 Å². The fourth-order valence-corrected chi connectivity index (χ4v) is 4.22. The fourth-order valence-electron chi connectivity index (χ4n) is 4.22. The molecule has 2 aliphatic rings. The van der Waals surface area contributed by atoms with Gasteiger partial charge in [-0.2, -0.15) is 13.2 Å². The van der Waals surface area contributed by atoms with Gasteiger partial charge in [0.15, 0.2) is 0 Å². The van der Waals surface area contributed by atoms with Crippen LogP contribution in [0.1, 0.15) is 36.5 Å². The molecular weight excluding hydrogens is 409 g/mol. The van der Waals surface area contributed by atoms with E-state index in [0.29, 0.717) is 24.9 Å². The van der Waals surface area contributed by atoms with E-state index in [9.17, 15) is 23.4 Å². The van der Waals surface area contributed by atoms with Gasteiger partial charge >= 0.3 is 6.18 Å². The molecule has 0 spiro atoms. The predicted molar refractivity (Wildman–Crippen MR) is 109 cm³/mol. The maximum absolute atomic E-state index is 12.9. The van der Waals surface area contributed by atoms with Gasteiger partial charge in [0.1, 0.15) is 5.75 Å². The molecule has 6 nitrogen and oxygen atoms in total. The van der Waals surface area contributed by atoms with Crippen LogP contribution in [0.2, 0.25) is 0 Å². The first kappa shape index (κ1) is 21.5. The van der Waals surface area contributed by atoms with Crippen LogP contribution < -0.4 is 16.3 Å². The predicted octanol–water partition coefficient (Wildman–Crippen LogP) is 3.11. The first-order valence-corrected chi connectivity index (χ1v) is 10.1. The number of phenolic OH excluding ortho intramolecular Hbond substituents is 1. The van der Waals surface area contributed by atoms with Crippen LogP contribution in [0.5, 0.6) is 5.75 Å². The van der Waals surface area contributed by atoms with Crippen molar-refractivity contribution in [3.63, 3.8) is 0 Å². The Morgan fingerprint density at radius 2 is 1.74 bits per heavy atom. The van der Waals surface area contributed by atoms with Gasteiger partial charge in [0.25, 0.3) is 0 Å². The second-order valence-corrected chi connectivity index (χ2v) is 8.25. The molecular formula is C22H25F3N4O2. The summed E-state index contributed by atoms with van der Waals surface area (Å²) in [5.74, 6) is 0.204. The molecule has 2 aliphatic heterocycles. The molecule has 2 heterocycles. The van der Waals surface area contributed by atoms with Gasteiger partial charge in [-0.1, -0.05) is 24.3 Å². The maximum atomic E-state index is 12.9. The third-order valence-corrected chi connectivity index (χ3v) is 5.72. The molecule has 1 fully saturated rings. The Labute approximate surface area is 178 Å². The van der Waals surface area contributed by atoms with Gasteiger partial charge in [-0.15, -0.1) is 5.53 Å². The van der Waals surface area contributed by atoms with Crippen LogP contribution >= 0.6 is 0 Å². The summed E-state index contributed by atoms with van der Waals surface area (Å²) in [4.78, 5) is 0. The zero-order valence-corrected chi connectivity index (χ0v) is 16.9. The van der Waals surface area contributed by atoms with Crippen LogP contribution in [-0.4, -0.2) is 27.3 Å². The summed E-state index contributed by atoms with van der Waals surface area (Å²) in [7, 11) is 0. The second kappa shape index (κ2) is 8.07. The Morgan fingerprint density at radius 1 is 1.06 bits per heavy atom. The number of hydrogen-bond donors (Lipinski definition) is 5. The van der Waals surface area contributed by atoms with Crippen molar-refractivity contribution in [3.05, 3.63) is 77.1 Å². The Hall–Kier alpha value is -2.75. The van der Waals surface area contributed by atoms with Crippen molar-refractivity contribution in [2.75, 3.05) is 0 Å². The van der Waals surface area contributed by atoms with Crippen molar-refractivity contribution in [2.24, 2.45) is 0 Å². The minimum Gasteiger partial charge on any atom is -0.508 e. The van der Waals surface area contributed by atoms with Crippen LogP contribution in [0.4, 0.5) is 13.2 Å².